The molecule has 4 rings (SSSR count). The topological polar surface area (TPSA) is 71.3 Å². The Hall–Kier alpha value is -1.92. The second kappa shape index (κ2) is 7.60. The maximum Gasteiger partial charge on any atom is 0.226 e. The first-order valence-corrected chi connectivity index (χ1v) is 9.98. The van der Waals surface area contributed by atoms with E-state index in [0.717, 1.165) is 37.5 Å². The SMILES string of the molecule is Cc1nonc1CC(=O)NC1CCN(CC2(c3ccc(Cl)cc3)CC2)CC1. The number of piperidine rings is 1. The van der Waals surface area contributed by atoms with Crippen LogP contribution in [0.15, 0.2) is 28.9 Å². The Bertz CT molecular complexity index is 793. The number of aryl methyl sites for hydroxylation is 1. The molecule has 6 nitrogen and oxygen atoms in total. The van der Waals surface area contributed by atoms with Gasteiger partial charge in [0.15, 0.2) is 0 Å². The molecule has 27 heavy (non-hydrogen) atoms. The minimum absolute atomic E-state index is 0.00734. The fourth-order valence-electron chi connectivity index (χ4n) is 4.00. The van der Waals surface area contributed by atoms with Gasteiger partial charge in [-0.15, -0.1) is 0 Å². The van der Waals surface area contributed by atoms with Crippen molar-refractivity contribution in [2.45, 2.75) is 50.5 Å². The lowest BCUT2D eigenvalue weighted by molar-refractivity contribution is -0.121. The van der Waals surface area contributed by atoms with Crippen molar-refractivity contribution < 1.29 is 9.42 Å². The number of carbonyl (C=O) groups is 1. The van der Waals surface area contributed by atoms with Gasteiger partial charge < -0.3 is 10.2 Å². The molecule has 0 spiro atoms. The minimum Gasteiger partial charge on any atom is -0.353 e. The minimum atomic E-state index is -0.00734. The Labute approximate surface area is 164 Å². The number of likely N-dealkylation sites (tertiary alicyclic amines) is 1. The molecule has 0 radical (unpaired) electrons. The molecule has 1 aliphatic heterocycles. The van der Waals surface area contributed by atoms with Gasteiger partial charge in [0.2, 0.25) is 5.91 Å². The molecule has 1 aromatic heterocycles. The molecule has 1 saturated carbocycles. The van der Waals surface area contributed by atoms with E-state index in [1.165, 1.54) is 18.4 Å². The molecule has 1 aromatic carbocycles. The van der Waals surface area contributed by atoms with E-state index < -0.39 is 0 Å². The number of rotatable bonds is 6. The summed E-state index contributed by atoms with van der Waals surface area (Å²) in [5.41, 5.74) is 3.00. The predicted octanol–water partition coefficient (Wildman–Crippen LogP) is 2.89. The summed E-state index contributed by atoms with van der Waals surface area (Å²) in [4.78, 5) is 14.8. The van der Waals surface area contributed by atoms with Crippen LogP contribution in [0.4, 0.5) is 0 Å². The van der Waals surface area contributed by atoms with Crippen molar-refractivity contribution in [1.29, 1.82) is 0 Å². The molecule has 2 heterocycles. The number of hydrogen-bond donors (Lipinski definition) is 1. The lowest BCUT2D eigenvalue weighted by Gasteiger charge is -2.35. The summed E-state index contributed by atoms with van der Waals surface area (Å²) in [5, 5.41) is 11.4. The highest BCUT2D eigenvalue weighted by atomic mass is 35.5. The molecule has 0 atom stereocenters. The summed E-state index contributed by atoms with van der Waals surface area (Å²) in [6.07, 6.45) is 4.69. The van der Waals surface area contributed by atoms with Crippen molar-refractivity contribution in [3.63, 3.8) is 0 Å². The molecule has 1 saturated heterocycles. The average Bonchev–Trinajstić information content (AvgIpc) is 3.33. The second-order valence-electron chi connectivity index (χ2n) is 7.88. The van der Waals surface area contributed by atoms with Gasteiger partial charge in [0, 0.05) is 36.1 Å². The maximum atomic E-state index is 12.2. The van der Waals surface area contributed by atoms with Crippen LogP contribution in [0.5, 0.6) is 0 Å². The third-order valence-electron chi connectivity index (χ3n) is 5.86. The summed E-state index contributed by atoms with van der Waals surface area (Å²) >= 11 is 6.03. The monoisotopic (exact) mass is 388 g/mol. The highest BCUT2D eigenvalue weighted by Gasteiger charge is 2.45. The van der Waals surface area contributed by atoms with Gasteiger partial charge in [-0.1, -0.05) is 34.0 Å². The fraction of sp³-hybridized carbons (Fsp3) is 0.550. The number of amides is 1. The molecule has 144 valence electrons. The number of hydrogen-bond acceptors (Lipinski definition) is 5. The smallest absolute Gasteiger partial charge is 0.226 e. The maximum absolute atomic E-state index is 12.2. The molecule has 0 unspecified atom stereocenters. The normalized spacial score (nSPS) is 19.8. The van der Waals surface area contributed by atoms with E-state index in [4.69, 9.17) is 11.6 Å². The van der Waals surface area contributed by atoms with Crippen molar-refractivity contribution in [1.82, 2.24) is 20.5 Å². The Morgan fingerprint density at radius 3 is 2.56 bits per heavy atom. The van der Waals surface area contributed by atoms with Gasteiger partial charge in [0.1, 0.15) is 11.4 Å². The van der Waals surface area contributed by atoms with Crippen molar-refractivity contribution in [3.8, 4) is 0 Å². The Morgan fingerprint density at radius 2 is 1.96 bits per heavy atom. The standard InChI is InChI=1S/C20H25ClN4O2/c1-14-18(24-27-23-14)12-19(26)22-17-6-10-25(11-7-17)13-20(8-9-20)15-2-4-16(21)5-3-15/h2-5,17H,6-13H2,1H3,(H,22,26). The van der Waals surface area contributed by atoms with Crippen LogP contribution in [0.1, 0.15) is 42.6 Å². The average molecular weight is 389 g/mol. The molecule has 0 bridgehead atoms. The number of nitrogens with zero attached hydrogens (tertiary/aromatic N) is 3. The van der Waals surface area contributed by atoms with E-state index in [0.29, 0.717) is 16.8 Å². The zero-order chi connectivity index (χ0) is 18.9. The first-order valence-electron chi connectivity index (χ1n) is 9.60. The van der Waals surface area contributed by atoms with Gasteiger partial charge in [0.25, 0.3) is 0 Å². The molecule has 1 amide bonds. The van der Waals surface area contributed by atoms with E-state index in [1.54, 1.807) is 6.92 Å². The molecule has 1 N–H and O–H groups in total. The second-order valence-corrected chi connectivity index (χ2v) is 8.31. The Balaban J connectivity index is 1.25. The lowest BCUT2D eigenvalue weighted by atomic mass is 9.94. The zero-order valence-corrected chi connectivity index (χ0v) is 16.3. The van der Waals surface area contributed by atoms with E-state index in [9.17, 15) is 4.79 Å². The van der Waals surface area contributed by atoms with E-state index in [1.807, 2.05) is 12.1 Å². The van der Waals surface area contributed by atoms with Crippen molar-refractivity contribution in [2.24, 2.45) is 0 Å². The quantitative estimate of drug-likeness (QED) is 0.823. The van der Waals surface area contributed by atoms with Crippen LogP contribution in [0.25, 0.3) is 0 Å². The van der Waals surface area contributed by atoms with Crippen LogP contribution in [0, 0.1) is 6.92 Å². The van der Waals surface area contributed by atoms with Crippen LogP contribution < -0.4 is 5.32 Å². The first-order chi connectivity index (χ1) is 13.0. The van der Waals surface area contributed by atoms with Crippen LogP contribution in [-0.2, 0) is 16.6 Å². The summed E-state index contributed by atoms with van der Waals surface area (Å²) in [6.45, 7) is 4.93. The third-order valence-corrected chi connectivity index (χ3v) is 6.12. The van der Waals surface area contributed by atoms with Crippen LogP contribution >= 0.6 is 11.6 Å². The van der Waals surface area contributed by atoms with E-state index in [2.05, 4.69) is 37.3 Å². The summed E-state index contributed by atoms with van der Waals surface area (Å²) in [5.74, 6) is -0.00734. The molecule has 2 aliphatic rings. The third kappa shape index (κ3) is 4.33. The van der Waals surface area contributed by atoms with Crippen LogP contribution in [0.2, 0.25) is 5.02 Å². The van der Waals surface area contributed by atoms with Crippen molar-refractivity contribution in [2.75, 3.05) is 19.6 Å². The van der Waals surface area contributed by atoms with Crippen LogP contribution in [-0.4, -0.2) is 46.8 Å². The highest BCUT2D eigenvalue weighted by Crippen LogP contribution is 2.49. The first kappa shape index (κ1) is 18.4. The molecule has 1 aliphatic carbocycles. The molecule has 7 heteroatoms. The van der Waals surface area contributed by atoms with Gasteiger partial charge in [-0.25, -0.2) is 4.63 Å². The van der Waals surface area contributed by atoms with Crippen LogP contribution in [0.3, 0.4) is 0 Å². The number of aromatic nitrogens is 2. The van der Waals surface area contributed by atoms with Crippen molar-refractivity contribution in [3.05, 3.63) is 46.2 Å². The largest absolute Gasteiger partial charge is 0.353 e. The Morgan fingerprint density at radius 1 is 1.26 bits per heavy atom. The number of carbonyl (C=O) groups excluding carboxylic acids is 1. The fourth-order valence-corrected chi connectivity index (χ4v) is 4.12. The van der Waals surface area contributed by atoms with Crippen molar-refractivity contribution >= 4 is 17.5 Å². The molecule has 2 aromatic rings. The molecular weight excluding hydrogens is 364 g/mol. The van der Waals surface area contributed by atoms with E-state index >= 15 is 0 Å². The summed E-state index contributed by atoms with van der Waals surface area (Å²) in [7, 11) is 0. The highest BCUT2D eigenvalue weighted by molar-refractivity contribution is 6.30. The van der Waals surface area contributed by atoms with E-state index in [-0.39, 0.29) is 18.4 Å². The summed E-state index contributed by atoms with van der Waals surface area (Å²) < 4.78 is 4.65. The van der Waals surface area contributed by atoms with Gasteiger partial charge in [0.05, 0.1) is 6.42 Å². The summed E-state index contributed by atoms with van der Waals surface area (Å²) in [6, 6.07) is 8.56. The molecule has 2 fully saturated rings. The number of halogens is 1. The zero-order valence-electron chi connectivity index (χ0n) is 15.6. The molecular formula is C20H25ClN4O2. The predicted molar refractivity (Wildman–Crippen MR) is 103 cm³/mol. The lowest BCUT2D eigenvalue weighted by Crippen LogP contribution is -2.46. The van der Waals surface area contributed by atoms with Gasteiger partial charge in [-0.3, -0.25) is 4.79 Å². The van der Waals surface area contributed by atoms with Gasteiger partial charge in [-0.2, -0.15) is 0 Å². The van der Waals surface area contributed by atoms with Gasteiger partial charge in [-0.05, 0) is 50.3 Å². The number of nitrogens with one attached hydrogen (secondary N) is 1. The number of benzene rings is 1. The Kier molecular flexibility index (Phi) is 5.19. The van der Waals surface area contributed by atoms with Gasteiger partial charge >= 0.3 is 0 Å².